The summed E-state index contributed by atoms with van der Waals surface area (Å²) in [7, 11) is 0. The maximum absolute atomic E-state index is 14.2. The average molecular weight is 620 g/mol. The SMILES string of the molecule is CC(C)[C@@H]1NC(=O)[C@@]2(C=Cc3ccc4ccc(nc4c3)[C@@H](C)OC(=O)[C@@H]3CCCN(N3)C(=O)[C@H](C)NC1=O)CCOC(C)(C)C2. The van der Waals surface area contributed by atoms with E-state index in [0.717, 1.165) is 16.5 Å². The van der Waals surface area contributed by atoms with E-state index in [1.54, 1.807) is 13.8 Å². The molecule has 1 aromatic carbocycles. The number of esters is 1. The van der Waals surface area contributed by atoms with Gasteiger partial charge >= 0.3 is 5.97 Å². The van der Waals surface area contributed by atoms with Crippen molar-refractivity contribution in [3.63, 3.8) is 0 Å². The molecule has 5 bridgehead atoms. The van der Waals surface area contributed by atoms with Crippen LogP contribution in [0.3, 0.4) is 0 Å². The fourth-order valence-electron chi connectivity index (χ4n) is 6.41. The molecule has 0 saturated carbocycles. The molecule has 1 aromatic heterocycles. The summed E-state index contributed by atoms with van der Waals surface area (Å²) >= 11 is 0. The number of ether oxygens (including phenoxy) is 2. The lowest BCUT2D eigenvalue weighted by Crippen LogP contribution is -2.61. The van der Waals surface area contributed by atoms with Gasteiger partial charge in [0, 0.05) is 18.5 Å². The Morgan fingerprint density at radius 3 is 2.53 bits per heavy atom. The fraction of sp³-hybridized carbons (Fsp3) is 0.559. The zero-order valence-corrected chi connectivity index (χ0v) is 27.0. The number of nitrogens with one attached hydrogen (secondary N) is 3. The molecule has 5 atom stereocenters. The van der Waals surface area contributed by atoms with Crippen LogP contribution in [-0.2, 0) is 28.7 Å². The van der Waals surface area contributed by atoms with E-state index in [4.69, 9.17) is 14.5 Å². The van der Waals surface area contributed by atoms with E-state index < -0.39 is 47.1 Å². The zero-order valence-electron chi connectivity index (χ0n) is 27.0. The first kappa shape index (κ1) is 32.6. The molecular formula is C34H45N5O6. The van der Waals surface area contributed by atoms with E-state index in [2.05, 4.69) is 16.1 Å². The Bertz CT molecular complexity index is 1510. The lowest BCUT2D eigenvalue weighted by atomic mass is 9.72. The molecule has 2 saturated heterocycles. The quantitative estimate of drug-likeness (QED) is 0.412. The Kier molecular flexibility index (Phi) is 9.32. The number of carbonyl (C=O) groups excluding carboxylic acids is 4. The normalized spacial score (nSPS) is 29.9. The number of hydrogen-bond donors (Lipinski definition) is 3. The van der Waals surface area contributed by atoms with Crippen molar-refractivity contribution in [2.75, 3.05) is 13.2 Å². The van der Waals surface area contributed by atoms with Crippen LogP contribution >= 0.6 is 0 Å². The summed E-state index contributed by atoms with van der Waals surface area (Å²) in [4.78, 5) is 59.1. The molecule has 45 heavy (non-hydrogen) atoms. The molecule has 0 radical (unpaired) electrons. The van der Waals surface area contributed by atoms with Gasteiger partial charge in [-0.25, -0.2) is 10.4 Å². The first-order chi connectivity index (χ1) is 21.3. The predicted octanol–water partition coefficient (Wildman–Crippen LogP) is 3.58. The van der Waals surface area contributed by atoms with Crippen molar-refractivity contribution in [3.8, 4) is 0 Å². The minimum atomic E-state index is -0.935. The van der Waals surface area contributed by atoms with E-state index in [0.29, 0.717) is 44.5 Å². The molecule has 0 aliphatic carbocycles. The largest absolute Gasteiger partial charge is 0.455 e. The summed E-state index contributed by atoms with van der Waals surface area (Å²) in [6.45, 7) is 11.8. The van der Waals surface area contributed by atoms with E-state index in [1.165, 1.54) is 5.01 Å². The number of aromatic nitrogens is 1. The van der Waals surface area contributed by atoms with Gasteiger partial charge in [0.1, 0.15) is 24.2 Å². The van der Waals surface area contributed by atoms with Crippen LogP contribution in [0.2, 0.25) is 0 Å². The molecule has 3 amide bonds. The van der Waals surface area contributed by atoms with Crippen molar-refractivity contribution in [1.29, 1.82) is 0 Å². The highest BCUT2D eigenvalue weighted by molar-refractivity contribution is 5.94. The van der Waals surface area contributed by atoms with Gasteiger partial charge in [-0.1, -0.05) is 44.2 Å². The van der Waals surface area contributed by atoms with E-state index in [1.807, 2.05) is 70.2 Å². The molecule has 3 N–H and O–H groups in total. The minimum Gasteiger partial charge on any atom is -0.455 e. The summed E-state index contributed by atoms with van der Waals surface area (Å²) < 4.78 is 11.8. The van der Waals surface area contributed by atoms with Crippen molar-refractivity contribution >= 4 is 40.7 Å². The number of benzene rings is 1. The molecule has 4 heterocycles. The number of cyclic esters (lactones) is 1. The third-order valence-electron chi connectivity index (χ3n) is 8.98. The Morgan fingerprint density at radius 2 is 1.80 bits per heavy atom. The van der Waals surface area contributed by atoms with Gasteiger partial charge in [0.05, 0.1) is 22.2 Å². The van der Waals surface area contributed by atoms with Crippen LogP contribution < -0.4 is 16.1 Å². The Morgan fingerprint density at radius 1 is 1.04 bits per heavy atom. The molecule has 11 nitrogen and oxygen atoms in total. The van der Waals surface area contributed by atoms with Crippen LogP contribution in [0, 0.1) is 11.3 Å². The van der Waals surface area contributed by atoms with Crippen LogP contribution in [0.5, 0.6) is 0 Å². The van der Waals surface area contributed by atoms with Gasteiger partial charge in [-0.15, -0.1) is 0 Å². The Hall–Kier alpha value is -3.83. The smallest absolute Gasteiger partial charge is 0.325 e. The molecule has 11 heteroatoms. The molecule has 2 fully saturated rings. The summed E-state index contributed by atoms with van der Waals surface area (Å²) in [5, 5.41) is 8.12. The predicted molar refractivity (Wildman–Crippen MR) is 169 cm³/mol. The Labute approximate surface area is 264 Å². The topological polar surface area (TPSA) is 139 Å². The van der Waals surface area contributed by atoms with Gasteiger partial charge in [-0.3, -0.25) is 24.2 Å². The van der Waals surface area contributed by atoms with Gasteiger partial charge in [0.25, 0.3) is 5.91 Å². The number of hydrazine groups is 1. The molecule has 2 aromatic rings. The molecule has 0 unspecified atom stereocenters. The number of carbonyl (C=O) groups is 4. The highest BCUT2D eigenvalue weighted by atomic mass is 16.5. The number of hydrogen-bond acceptors (Lipinski definition) is 8. The molecule has 1 spiro atoms. The summed E-state index contributed by atoms with van der Waals surface area (Å²) in [6.07, 6.45) is 5.18. The molecular weight excluding hydrogens is 574 g/mol. The van der Waals surface area contributed by atoms with Crippen molar-refractivity contribution in [2.45, 2.75) is 97.1 Å². The first-order valence-electron chi connectivity index (χ1n) is 15.9. The van der Waals surface area contributed by atoms with Crippen LogP contribution in [0.4, 0.5) is 0 Å². The van der Waals surface area contributed by atoms with Gasteiger partial charge in [-0.2, -0.15) is 0 Å². The molecule has 3 aliphatic heterocycles. The number of amides is 3. The second-order valence-electron chi connectivity index (χ2n) is 13.5. The third kappa shape index (κ3) is 7.20. The van der Waals surface area contributed by atoms with Crippen molar-refractivity contribution < 1.29 is 28.7 Å². The van der Waals surface area contributed by atoms with E-state index in [9.17, 15) is 19.2 Å². The van der Waals surface area contributed by atoms with Crippen molar-refractivity contribution in [3.05, 3.63) is 47.7 Å². The number of pyridine rings is 1. The second-order valence-corrected chi connectivity index (χ2v) is 13.5. The van der Waals surface area contributed by atoms with Gasteiger partial charge < -0.3 is 20.1 Å². The first-order valence-corrected chi connectivity index (χ1v) is 15.9. The molecule has 5 rings (SSSR count). The number of nitrogens with zero attached hydrogens (tertiary/aromatic N) is 2. The maximum atomic E-state index is 14.2. The highest BCUT2D eigenvalue weighted by Gasteiger charge is 2.46. The maximum Gasteiger partial charge on any atom is 0.325 e. The molecule has 3 aliphatic rings. The average Bonchev–Trinajstić information content (AvgIpc) is 3.00. The highest BCUT2D eigenvalue weighted by Crippen LogP contribution is 2.41. The summed E-state index contributed by atoms with van der Waals surface area (Å²) in [5.74, 6) is -1.83. The van der Waals surface area contributed by atoms with Crippen LogP contribution in [0.25, 0.3) is 17.0 Å². The molecule has 242 valence electrons. The van der Waals surface area contributed by atoms with E-state index in [-0.39, 0.29) is 17.7 Å². The van der Waals surface area contributed by atoms with Crippen LogP contribution in [0.15, 0.2) is 36.4 Å². The van der Waals surface area contributed by atoms with Crippen molar-refractivity contribution in [2.24, 2.45) is 11.3 Å². The van der Waals surface area contributed by atoms with Gasteiger partial charge in [0.2, 0.25) is 11.8 Å². The monoisotopic (exact) mass is 619 g/mol. The lowest BCUT2D eigenvalue weighted by Gasteiger charge is -2.43. The second kappa shape index (κ2) is 12.9. The van der Waals surface area contributed by atoms with Gasteiger partial charge in [0.15, 0.2) is 0 Å². The van der Waals surface area contributed by atoms with Crippen molar-refractivity contribution in [1.82, 2.24) is 26.1 Å². The standard InChI is InChI=1S/C34H45N5O6/c1-20(2)28-29(40)35-21(3)30(41)39-16-7-8-26(38-39)31(42)45-22(4)25-12-11-24-10-9-23(18-27(24)36-25)13-14-34(32(43)37-28)15-17-44-33(5,6)19-34/h9-14,18,20-22,26,28,38H,7-8,15-17,19H2,1-6H3,(H,35,40)(H,37,43)/t21-,22+,26-,28-,34-/m0/s1. The number of fused-ring (bicyclic) bond motifs is 4. The van der Waals surface area contributed by atoms with Crippen LogP contribution in [0.1, 0.15) is 84.6 Å². The fourth-order valence-corrected chi connectivity index (χ4v) is 6.41. The third-order valence-corrected chi connectivity index (χ3v) is 8.98. The van der Waals surface area contributed by atoms with E-state index >= 15 is 0 Å². The minimum absolute atomic E-state index is 0.248. The Balaban J connectivity index is 1.55. The number of rotatable bonds is 1. The van der Waals surface area contributed by atoms with Crippen LogP contribution in [-0.4, -0.2) is 70.6 Å². The zero-order chi connectivity index (χ0) is 32.5. The summed E-state index contributed by atoms with van der Waals surface area (Å²) in [6, 6.07) is 7.17. The summed E-state index contributed by atoms with van der Waals surface area (Å²) in [5.41, 5.74) is 3.69. The lowest BCUT2D eigenvalue weighted by molar-refractivity contribution is -0.157. The van der Waals surface area contributed by atoms with Gasteiger partial charge in [-0.05, 0) is 77.0 Å².